The predicted molar refractivity (Wildman–Crippen MR) is 64.9 cm³/mol. The van der Waals surface area contributed by atoms with Gasteiger partial charge in [0.1, 0.15) is 0 Å². The van der Waals surface area contributed by atoms with Crippen molar-refractivity contribution in [2.24, 2.45) is 0 Å². The van der Waals surface area contributed by atoms with E-state index in [1.165, 1.54) is 0 Å². The average molecular weight is 217 g/mol. The Kier molecular flexibility index (Phi) is 4.52. The predicted octanol–water partition coefficient (Wildman–Crippen LogP) is 3.02. The molecule has 0 aromatic heterocycles. The van der Waals surface area contributed by atoms with Crippen LogP contribution in [0.15, 0.2) is 30.3 Å². The molecule has 86 valence electrons. The lowest BCUT2D eigenvalue weighted by Gasteiger charge is -2.28. The molecule has 0 aliphatic rings. The van der Waals surface area contributed by atoms with E-state index >= 15 is 0 Å². The summed E-state index contributed by atoms with van der Waals surface area (Å²) in [4.78, 5) is 0. The van der Waals surface area contributed by atoms with Crippen molar-refractivity contribution in [1.82, 2.24) is 0 Å². The van der Waals surface area contributed by atoms with Crippen molar-refractivity contribution >= 4 is 0 Å². The Morgan fingerprint density at radius 3 is 2.44 bits per heavy atom. The highest BCUT2D eigenvalue weighted by atomic mass is 16.3. The number of aliphatic hydroxyl groups excluding tert-OH is 1. The molecule has 0 fully saturated rings. The first kappa shape index (κ1) is 12.7. The van der Waals surface area contributed by atoms with Crippen LogP contribution in [0, 0.1) is 11.3 Å². The molecule has 0 saturated heterocycles. The third-order valence-electron chi connectivity index (χ3n) is 2.86. The molecule has 0 unspecified atom stereocenters. The molecule has 2 nitrogen and oxygen atoms in total. The van der Waals surface area contributed by atoms with Gasteiger partial charge in [-0.25, -0.2) is 0 Å². The standard InChI is InChI=1S/C14H19NO/c1-3-9-14(11-15,10-12(2)16)13-7-5-4-6-8-13/h4-8,12,16H,3,9-10H2,1-2H3/t12-,14+/m0/s1. The summed E-state index contributed by atoms with van der Waals surface area (Å²) in [5, 5.41) is 19.0. The Morgan fingerprint density at radius 1 is 1.38 bits per heavy atom. The van der Waals surface area contributed by atoms with Crippen LogP contribution in [-0.4, -0.2) is 11.2 Å². The molecule has 1 N–H and O–H groups in total. The second-order valence-electron chi connectivity index (χ2n) is 4.36. The van der Waals surface area contributed by atoms with Crippen LogP contribution in [0.4, 0.5) is 0 Å². The number of benzene rings is 1. The van der Waals surface area contributed by atoms with Gasteiger partial charge in [0.2, 0.25) is 0 Å². The van der Waals surface area contributed by atoms with E-state index in [0.717, 1.165) is 18.4 Å². The molecule has 2 atom stereocenters. The highest BCUT2D eigenvalue weighted by Crippen LogP contribution is 2.33. The van der Waals surface area contributed by atoms with Crippen LogP contribution in [0.3, 0.4) is 0 Å². The molecular formula is C14H19NO. The number of nitrogens with zero attached hydrogens (tertiary/aromatic N) is 1. The molecular weight excluding hydrogens is 198 g/mol. The second-order valence-corrected chi connectivity index (χ2v) is 4.36. The maximum atomic E-state index is 9.56. The Bertz CT molecular complexity index is 353. The first-order chi connectivity index (χ1) is 7.64. The SMILES string of the molecule is CCC[C@](C#N)(C[C@H](C)O)c1ccccc1. The number of nitriles is 1. The Hall–Kier alpha value is -1.33. The molecule has 0 saturated carbocycles. The summed E-state index contributed by atoms with van der Waals surface area (Å²) in [6, 6.07) is 12.2. The normalized spacial score (nSPS) is 16.1. The van der Waals surface area contributed by atoms with E-state index in [4.69, 9.17) is 0 Å². The average Bonchev–Trinajstić information content (AvgIpc) is 2.29. The van der Waals surface area contributed by atoms with Crippen LogP contribution in [0.25, 0.3) is 0 Å². The minimum Gasteiger partial charge on any atom is -0.393 e. The maximum absolute atomic E-state index is 9.56. The van der Waals surface area contributed by atoms with Crippen LogP contribution in [0.2, 0.25) is 0 Å². The van der Waals surface area contributed by atoms with Crippen molar-refractivity contribution in [1.29, 1.82) is 5.26 Å². The summed E-state index contributed by atoms with van der Waals surface area (Å²) in [7, 11) is 0. The van der Waals surface area contributed by atoms with E-state index in [1.54, 1.807) is 6.92 Å². The van der Waals surface area contributed by atoms with Gasteiger partial charge in [-0.3, -0.25) is 0 Å². The quantitative estimate of drug-likeness (QED) is 0.824. The maximum Gasteiger partial charge on any atom is 0.0846 e. The first-order valence-corrected chi connectivity index (χ1v) is 5.79. The minimum absolute atomic E-state index is 0.452. The zero-order valence-electron chi connectivity index (χ0n) is 9.98. The lowest BCUT2D eigenvalue weighted by atomic mass is 9.74. The zero-order chi connectivity index (χ0) is 12.0. The van der Waals surface area contributed by atoms with Crippen molar-refractivity contribution in [2.75, 3.05) is 0 Å². The summed E-state index contributed by atoms with van der Waals surface area (Å²) < 4.78 is 0. The third kappa shape index (κ3) is 2.84. The molecule has 0 amide bonds. The smallest absolute Gasteiger partial charge is 0.0846 e. The third-order valence-corrected chi connectivity index (χ3v) is 2.86. The number of rotatable bonds is 5. The highest BCUT2D eigenvalue weighted by molar-refractivity contribution is 5.32. The molecule has 1 rings (SSSR count). The number of hydrogen-bond acceptors (Lipinski definition) is 2. The summed E-state index contributed by atoms with van der Waals surface area (Å²) in [5.41, 5.74) is 0.477. The van der Waals surface area contributed by atoms with Crippen molar-refractivity contribution in [2.45, 2.75) is 44.6 Å². The molecule has 0 spiro atoms. The summed E-state index contributed by atoms with van der Waals surface area (Å²) in [6.45, 7) is 3.81. The van der Waals surface area contributed by atoms with Crippen LogP contribution in [0.1, 0.15) is 38.7 Å². The largest absolute Gasteiger partial charge is 0.393 e. The lowest BCUT2D eigenvalue weighted by Crippen LogP contribution is -2.28. The molecule has 0 aliphatic heterocycles. The molecule has 16 heavy (non-hydrogen) atoms. The van der Waals surface area contributed by atoms with E-state index in [9.17, 15) is 10.4 Å². The van der Waals surface area contributed by atoms with Gasteiger partial charge in [-0.15, -0.1) is 0 Å². The number of aliphatic hydroxyl groups is 1. The molecule has 0 radical (unpaired) electrons. The molecule has 1 aromatic rings. The second kappa shape index (κ2) is 5.67. The van der Waals surface area contributed by atoms with Gasteiger partial charge in [0, 0.05) is 0 Å². The fraction of sp³-hybridized carbons (Fsp3) is 0.500. The zero-order valence-corrected chi connectivity index (χ0v) is 9.98. The van der Waals surface area contributed by atoms with Crippen LogP contribution in [0.5, 0.6) is 0 Å². The highest BCUT2D eigenvalue weighted by Gasteiger charge is 2.32. The summed E-state index contributed by atoms with van der Waals surface area (Å²) in [5.74, 6) is 0. The Morgan fingerprint density at radius 2 is 2.00 bits per heavy atom. The molecule has 0 heterocycles. The fourth-order valence-corrected chi connectivity index (χ4v) is 2.22. The van der Waals surface area contributed by atoms with Crippen LogP contribution >= 0.6 is 0 Å². The van der Waals surface area contributed by atoms with E-state index in [2.05, 4.69) is 13.0 Å². The monoisotopic (exact) mass is 217 g/mol. The summed E-state index contributed by atoms with van der Waals surface area (Å²) in [6.07, 6.45) is 1.78. The minimum atomic E-state index is -0.538. The number of hydrogen-bond donors (Lipinski definition) is 1. The van der Waals surface area contributed by atoms with Crippen molar-refractivity contribution in [3.8, 4) is 6.07 Å². The van der Waals surface area contributed by atoms with Crippen molar-refractivity contribution < 1.29 is 5.11 Å². The Labute approximate surface area is 97.5 Å². The molecule has 2 heteroatoms. The van der Waals surface area contributed by atoms with Crippen molar-refractivity contribution in [3.05, 3.63) is 35.9 Å². The van der Waals surface area contributed by atoms with E-state index in [0.29, 0.717) is 6.42 Å². The van der Waals surface area contributed by atoms with Gasteiger partial charge < -0.3 is 5.11 Å². The molecule has 0 bridgehead atoms. The topological polar surface area (TPSA) is 44.0 Å². The lowest BCUT2D eigenvalue weighted by molar-refractivity contribution is 0.158. The van der Waals surface area contributed by atoms with Gasteiger partial charge in [-0.2, -0.15) is 5.26 Å². The van der Waals surface area contributed by atoms with E-state index < -0.39 is 11.5 Å². The van der Waals surface area contributed by atoms with Gasteiger partial charge >= 0.3 is 0 Å². The van der Waals surface area contributed by atoms with Gasteiger partial charge in [-0.1, -0.05) is 43.7 Å². The van der Waals surface area contributed by atoms with Crippen LogP contribution in [-0.2, 0) is 5.41 Å². The van der Waals surface area contributed by atoms with Gasteiger partial charge in [-0.05, 0) is 25.3 Å². The van der Waals surface area contributed by atoms with Gasteiger partial charge in [0.25, 0.3) is 0 Å². The van der Waals surface area contributed by atoms with E-state index in [1.807, 2.05) is 30.3 Å². The fourth-order valence-electron chi connectivity index (χ4n) is 2.22. The molecule has 0 aliphatic carbocycles. The Balaban J connectivity index is 3.08. The van der Waals surface area contributed by atoms with E-state index in [-0.39, 0.29) is 0 Å². The molecule has 1 aromatic carbocycles. The van der Waals surface area contributed by atoms with Crippen LogP contribution < -0.4 is 0 Å². The van der Waals surface area contributed by atoms with Gasteiger partial charge in [0.15, 0.2) is 0 Å². The first-order valence-electron chi connectivity index (χ1n) is 5.79. The van der Waals surface area contributed by atoms with Gasteiger partial charge in [0.05, 0.1) is 17.6 Å². The summed E-state index contributed by atoms with van der Waals surface area (Å²) >= 11 is 0. The van der Waals surface area contributed by atoms with Crippen molar-refractivity contribution in [3.63, 3.8) is 0 Å².